The molecular formula is C15H23NO2. The molecule has 0 radical (unpaired) electrons. The minimum Gasteiger partial charge on any atom is -0.382 e. The fraction of sp³-hybridized carbons (Fsp3) is 0.600. The first-order valence-corrected chi connectivity index (χ1v) is 6.73. The van der Waals surface area contributed by atoms with Gasteiger partial charge >= 0.3 is 0 Å². The van der Waals surface area contributed by atoms with Crippen molar-refractivity contribution in [1.29, 1.82) is 0 Å². The van der Waals surface area contributed by atoms with Crippen molar-refractivity contribution < 1.29 is 9.47 Å². The average molecular weight is 249 g/mol. The summed E-state index contributed by atoms with van der Waals surface area (Å²) >= 11 is 0. The van der Waals surface area contributed by atoms with E-state index in [4.69, 9.17) is 9.47 Å². The zero-order valence-corrected chi connectivity index (χ0v) is 11.3. The summed E-state index contributed by atoms with van der Waals surface area (Å²) in [6, 6.07) is 8.78. The predicted molar refractivity (Wildman–Crippen MR) is 72.8 cm³/mol. The van der Waals surface area contributed by atoms with E-state index in [1.807, 2.05) is 0 Å². The summed E-state index contributed by atoms with van der Waals surface area (Å²) in [7, 11) is 1.77. The first kappa shape index (κ1) is 13.5. The van der Waals surface area contributed by atoms with Crippen LogP contribution in [0, 0.1) is 0 Å². The topological polar surface area (TPSA) is 30.5 Å². The molecule has 1 fully saturated rings. The molecule has 1 aromatic rings. The number of aryl methyl sites for hydroxylation is 1. The number of methoxy groups -OCH3 is 1. The largest absolute Gasteiger partial charge is 0.382 e. The van der Waals surface area contributed by atoms with E-state index in [0.29, 0.717) is 6.10 Å². The number of benzene rings is 1. The molecule has 1 aliphatic rings. The van der Waals surface area contributed by atoms with Crippen LogP contribution in [0.25, 0.3) is 0 Å². The van der Waals surface area contributed by atoms with Gasteiger partial charge < -0.3 is 14.8 Å². The fourth-order valence-corrected chi connectivity index (χ4v) is 2.17. The Balaban J connectivity index is 1.88. The van der Waals surface area contributed by atoms with E-state index in [0.717, 1.165) is 32.5 Å². The lowest BCUT2D eigenvalue weighted by atomic mass is 10.0. The number of hydrogen-bond donors (Lipinski definition) is 1. The molecule has 2 rings (SSSR count). The smallest absolute Gasteiger partial charge is 0.0949 e. The van der Waals surface area contributed by atoms with Gasteiger partial charge in [0, 0.05) is 20.2 Å². The van der Waals surface area contributed by atoms with Crippen molar-refractivity contribution in [2.24, 2.45) is 0 Å². The highest BCUT2D eigenvalue weighted by atomic mass is 16.5. The molecule has 3 heteroatoms. The second-order valence-corrected chi connectivity index (χ2v) is 4.89. The molecule has 1 aromatic carbocycles. The zero-order chi connectivity index (χ0) is 12.8. The number of rotatable bonds is 5. The third kappa shape index (κ3) is 3.80. The highest BCUT2D eigenvalue weighted by molar-refractivity contribution is 5.25. The predicted octanol–water partition coefficient (Wildman–Crippen LogP) is 2.32. The van der Waals surface area contributed by atoms with Crippen LogP contribution in [0.3, 0.4) is 0 Å². The lowest BCUT2D eigenvalue weighted by Crippen LogP contribution is -2.33. The van der Waals surface area contributed by atoms with Crippen LogP contribution in [-0.2, 0) is 15.9 Å². The third-order valence-electron chi connectivity index (χ3n) is 3.52. The lowest BCUT2D eigenvalue weighted by Gasteiger charge is -2.24. The molecule has 1 saturated heterocycles. The van der Waals surface area contributed by atoms with Crippen LogP contribution in [-0.4, -0.2) is 32.9 Å². The molecule has 2 atom stereocenters. The quantitative estimate of drug-likeness (QED) is 0.868. The van der Waals surface area contributed by atoms with Crippen molar-refractivity contribution in [1.82, 2.24) is 5.32 Å². The molecule has 3 nitrogen and oxygen atoms in total. The molecule has 0 aromatic heterocycles. The SMILES string of the molecule is COC(C)CCc1ccc(C2CNCCO2)cc1. The molecule has 1 heterocycles. The van der Waals surface area contributed by atoms with Crippen molar-refractivity contribution in [2.45, 2.75) is 32.0 Å². The summed E-state index contributed by atoms with van der Waals surface area (Å²) in [5.74, 6) is 0. The van der Waals surface area contributed by atoms with Crippen LogP contribution in [0.5, 0.6) is 0 Å². The maximum Gasteiger partial charge on any atom is 0.0949 e. The van der Waals surface area contributed by atoms with Gasteiger partial charge in [0.15, 0.2) is 0 Å². The van der Waals surface area contributed by atoms with E-state index in [2.05, 4.69) is 36.5 Å². The first-order valence-electron chi connectivity index (χ1n) is 6.73. The average Bonchev–Trinajstić information content (AvgIpc) is 2.46. The molecule has 0 amide bonds. The molecule has 0 saturated carbocycles. The Labute approximate surface area is 109 Å². The van der Waals surface area contributed by atoms with Crippen molar-refractivity contribution >= 4 is 0 Å². The van der Waals surface area contributed by atoms with Crippen LogP contribution in [0.15, 0.2) is 24.3 Å². The van der Waals surface area contributed by atoms with E-state index in [1.54, 1.807) is 7.11 Å². The number of ether oxygens (including phenoxy) is 2. The molecule has 18 heavy (non-hydrogen) atoms. The molecule has 0 bridgehead atoms. The van der Waals surface area contributed by atoms with Crippen molar-refractivity contribution in [3.63, 3.8) is 0 Å². The monoisotopic (exact) mass is 249 g/mol. The van der Waals surface area contributed by atoms with E-state index < -0.39 is 0 Å². The van der Waals surface area contributed by atoms with Crippen molar-refractivity contribution in [3.8, 4) is 0 Å². The van der Waals surface area contributed by atoms with Crippen LogP contribution < -0.4 is 5.32 Å². The van der Waals surface area contributed by atoms with Crippen LogP contribution in [0.2, 0.25) is 0 Å². The van der Waals surface area contributed by atoms with Crippen molar-refractivity contribution in [2.75, 3.05) is 26.8 Å². The van der Waals surface area contributed by atoms with Crippen LogP contribution in [0.1, 0.15) is 30.6 Å². The molecular weight excluding hydrogens is 226 g/mol. The summed E-state index contributed by atoms with van der Waals surface area (Å²) in [5, 5.41) is 3.35. The molecule has 1 aliphatic heterocycles. The Kier molecular flexibility index (Phi) is 5.17. The van der Waals surface area contributed by atoms with Gasteiger partial charge in [-0.3, -0.25) is 0 Å². The van der Waals surface area contributed by atoms with Gasteiger partial charge in [0.05, 0.1) is 18.8 Å². The van der Waals surface area contributed by atoms with Gasteiger partial charge in [0.2, 0.25) is 0 Å². The highest BCUT2D eigenvalue weighted by Gasteiger charge is 2.15. The minimum atomic E-state index is 0.214. The summed E-state index contributed by atoms with van der Waals surface area (Å²) in [6.45, 7) is 4.79. The molecule has 100 valence electrons. The summed E-state index contributed by atoms with van der Waals surface area (Å²) in [6.07, 6.45) is 2.68. The third-order valence-corrected chi connectivity index (χ3v) is 3.52. The zero-order valence-electron chi connectivity index (χ0n) is 11.3. The van der Waals surface area contributed by atoms with Crippen LogP contribution in [0.4, 0.5) is 0 Å². The summed E-state index contributed by atoms with van der Waals surface area (Å²) < 4.78 is 11.0. The van der Waals surface area contributed by atoms with Gasteiger partial charge in [0.25, 0.3) is 0 Å². The second kappa shape index (κ2) is 6.88. The number of hydrogen-bond acceptors (Lipinski definition) is 3. The number of nitrogens with one attached hydrogen (secondary N) is 1. The normalized spacial score (nSPS) is 21.8. The molecule has 2 unspecified atom stereocenters. The van der Waals surface area contributed by atoms with Crippen LogP contribution >= 0.6 is 0 Å². The Morgan fingerprint density at radius 2 is 2.17 bits per heavy atom. The van der Waals surface area contributed by atoms with E-state index >= 15 is 0 Å². The summed E-state index contributed by atoms with van der Waals surface area (Å²) in [5.41, 5.74) is 2.64. The second-order valence-electron chi connectivity index (χ2n) is 4.89. The molecule has 1 N–H and O–H groups in total. The summed E-state index contributed by atoms with van der Waals surface area (Å²) in [4.78, 5) is 0. The van der Waals surface area contributed by atoms with Gasteiger partial charge in [-0.2, -0.15) is 0 Å². The van der Waals surface area contributed by atoms with Gasteiger partial charge in [0.1, 0.15) is 0 Å². The fourth-order valence-electron chi connectivity index (χ4n) is 2.17. The molecule has 0 spiro atoms. The Hall–Kier alpha value is -0.900. The van der Waals surface area contributed by atoms with Gasteiger partial charge in [-0.1, -0.05) is 24.3 Å². The number of morpholine rings is 1. The first-order chi connectivity index (χ1) is 8.79. The highest BCUT2D eigenvalue weighted by Crippen LogP contribution is 2.19. The van der Waals surface area contributed by atoms with E-state index in [-0.39, 0.29) is 6.10 Å². The standard InChI is InChI=1S/C15H23NO2/c1-12(17-2)3-4-13-5-7-14(8-6-13)15-11-16-9-10-18-15/h5-8,12,15-16H,3-4,9-11H2,1-2H3. The van der Waals surface area contributed by atoms with Gasteiger partial charge in [-0.15, -0.1) is 0 Å². The Morgan fingerprint density at radius 3 is 2.78 bits per heavy atom. The van der Waals surface area contributed by atoms with E-state index in [1.165, 1.54) is 11.1 Å². The maximum absolute atomic E-state index is 5.74. The van der Waals surface area contributed by atoms with Crippen molar-refractivity contribution in [3.05, 3.63) is 35.4 Å². The minimum absolute atomic E-state index is 0.214. The lowest BCUT2D eigenvalue weighted by molar-refractivity contribution is 0.0277. The molecule has 0 aliphatic carbocycles. The Morgan fingerprint density at radius 1 is 1.39 bits per heavy atom. The van der Waals surface area contributed by atoms with Gasteiger partial charge in [-0.25, -0.2) is 0 Å². The Bertz CT molecular complexity index is 344. The maximum atomic E-state index is 5.74. The van der Waals surface area contributed by atoms with Gasteiger partial charge in [-0.05, 0) is 30.9 Å². The van der Waals surface area contributed by atoms with E-state index in [9.17, 15) is 0 Å².